The van der Waals surface area contributed by atoms with Crippen LogP contribution >= 0.6 is 11.8 Å². The third-order valence-corrected chi connectivity index (χ3v) is 5.56. The predicted molar refractivity (Wildman–Crippen MR) is 95.3 cm³/mol. The average Bonchev–Trinajstić information content (AvgIpc) is 3.08. The van der Waals surface area contributed by atoms with Gasteiger partial charge in [0.25, 0.3) is 5.91 Å². The molecule has 0 radical (unpaired) electrons. The highest BCUT2D eigenvalue weighted by molar-refractivity contribution is 8.00. The Balaban J connectivity index is 1.69. The van der Waals surface area contributed by atoms with E-state index >= 15 is 0 Å². The number of carbonyl (C=O) groups is 2. The van der Waals surface area contributed by atoms with Crippen molar-refractivity contribution in [1.29, 1.82) is 0 Å². The molecule has 0 N–H and O–H groups in total. The van der Waals surface area contributed by atoms with Gasteiger partial charge in [0.05, 0.1) is 18.4 Å². The molecule has 0 saturated carbocycles. The number of hydrogen-bond donors (Lipinski definition) is 0. The van der Waals surface area contributed by atoms with Gasteiger partial charge in [0, 0.05) is 35.5 Å². The summed E-state index contributed by atoms with van der Waals surface area (Å²) in [6.07, 6.45) is 2.68. The Kier molecular flexibility index (Phi) is 5.04. The molecule has 0 bridgehead atoms. The van der Waals surface area contributed by atoms with Crippen LogP contribution in [-0.2, 0) is 9.53 Å². The zero-order chi connectivity index (χ0) is 17.1. The van der Waals surface area contributed by atoms with Crippen molar-refractivity contribution in [2.75, 3.05) is 26.0 Å². The molecule has 1 aromatic carbocycles. The van der Waals surface area contributed by atoms with Gasteiger partial charge in [-0.3, -0.25) is 14.6 Å². The molecule has 1 aromatic heterocycles. The van der Waals surface area contributed by atoms with Crippen molar-refractivity contribution in [3.63, 3.8) is 0 Å². The maximum Gasteiger partial charge on any atom is 0.315 e. The van der Waals surface area contributed by atoms with Gasteiger partial charge in [0.1, 0.15) is 0 Å². The molecule has 1 aliphatic rings. The Morgan fingerprint density at radius 2 is 2.21 bits per heavy atom. The van der Waals surface area contributed by atoms with Gasteiger partial charge in [-0.2, -0.15) is 0 Å². The number of amides is 1. The fraction of sp³-hybridized carbons (Fsp3) is 0.389. The molecule has 1 atom stereocenters. The van der Waals surface area contributed by atoms with Gasteiger partial charge < -0.3 is 9.64 Å². The molecule has 126 valence electrons. The molecule has 1 saturated heterocycles. The first kappa shape index (κ1) is 16.8. The van der Waals surface area contributed by atoms with E-state index in [1.54, 1.807) is 18.0 Å². The number of ether oxygens (including phenoxy) is 1. The lowest BCUT2D eigenvalue weighted by Gasteiger charge is -2.17. The number of carbonyl (C=O) groups excluding carboxylic acids is 2. The summed E-state index contributed by atoms with van der Waals surface area (Å²) in [5.41, 5.74) is 2.71. The van der Waals surface area contributed by atoms with E-state index in [1.165, 1.54) is 7.11 Å². The number of aryl methyl sites for hydroxylation is 1. The summed E-state index contributed by atoms with van der Waals surface area (Å²) in [5, 5.41) is 1.30. The summed E-state index contributed by atoms with van der Waals surface area (Å²) in [6.45, 7) is 3.42. The van der Waals surface area contributed by atoms with E-state index in [1.807, 2.05) is 36.1 Å². The summed E-state index contributed by atoms with van der Waals surface area (Å²) in [7, 11) is 1.39. The normalized spacial score (nSPS) is 17.2. The number of likely N-dealkylation sites (tertiary alicyclic amines) is 1. The van der Waals surface area contributed by atoms with Crippen molar-refractivity contribution in [3.8, 4) is 0 Å². The summed E-state index contributed by atoms with van der Waals surface area (Å²) < 4.78 is 4.66. The van der Waals surface area contributed by atoms with Crippen molar-refractivity contribution in [2.24, 2.45) is 0 Å². The number of rotatable bonds is 4. The number of esters is 1. The van der Waals surface area contributed by atoms with E-state index in [-0.39, 0.29) is 17.1 Å². The monoisotopic (exact) mass is 344 g/mol. The molecule has 2 aromatic rings. The van der Waals surface area contributed by atoms with Crippen LogP contribution in [0.25, 0.3) is 10.9 Å². The number of hydrogen-bond acceptors (Lipinski definition) is 5. The van der Waals surface area contributed by atoms with Gasteiger partial charge in [0.2, 0.25) is 0 Å². The minimum absolute atomic E-state index is 0.0429. The maximum atomic E-state index is 12.7. The van der Waals surface area contributed by atoms with Crippen LogP contribution in [0.1, 0.15) is 22.3 Å². The van der Waals surface area contributed by atoms with E-state index in [0.717, 1.165) is 29.4 Å². The Bertz CT molecular complexity index is 778. The van der Waals surface area contributed by atoms with Crippen LogP contribution in [0.15, 0.2) is 30.5 Å². The van der Waals surface area contributed by atoms with Crippen LogP contribution < -0.4 is 0 Å². The van der Waals surface area contributed by atoms with Gasteiger partial charge in [-0.15, -0.1) is 11.8 Å². The fourth-order valence-electron chi connectivity index (χ4n) is 2.89. The molecule has 1 unspecified atom stereocenters. The molecular formula is C18H20N2O3S. The largest absolute Gasteiger partial charge is 0.468 e. The van der Waals surface area contributed by atoms with Crippen LogP contribution in [-0.4, -0.2) is 53.0 Å². The van der Waals surface area contributed by atoms with Crippen molar-refractivity contribution in [1.82, 2.24) is 9.88 Å². The molecule has 1 aliphatic heterocycles. The average molecular weight is 344 g/mol. The predicted octanol–water partition coefficient (Wildman–Crippen LogP) is 2.66. The first-order chi connectivity index (χ1) is 11.6. The highest BCUT2D eigenvalue weighted by Crippen LogP contribution is 2.25. The summed E-state index contributed by atoms with van der Waals surface area (Å²) in [6, 6.07) is 7.61. The molecule has 6 heteroatoms. The quantitative estimate of drug-likeness (QED) is 0.798. The Labute approximate surface area is 145 Å². The first-order valence-corrected chi connectivity index (χ1v) is 8.96. The third kappa shape index (κ3) is 3.53. The van der Waals surface area contributed by atoms with Gasteiger partial charge in [-0.25, -0.2) is 0 Å². The second-order valence-electron chi connectivity index (χ2n) is 5.91. The number of nitrogens with zero attached hydrogens (tertiary/aromatic N) is 2. The Morgan fingerprint density at radius 3 is 3.00 bits per heavy atom. The number of thioether (sulfide) groups is 1. The van der Waals surface area contributed by atoms with E-state index in [4.69, 9.17) is 0 Å². The number of pyridine rings is 1. The fourth-order valence-corrected chi connectivity index (χ4v) is 3.94. The van der Waals surface area contributed by atoms with Gasteiger partial charge >= 0.3 is 5.97 Å². The molecule has 3 rings (SSSR count). The third-order valence-electron chi connectivity index (χ3n) is 4.30. The van der Waals surface area contributed by atoms with Gasteiger partial charge in [0.15, 0.2) is 0 Å². The van der Waals surface area contributed by atoms with Crippen molar-refractivity contribution < 1.29 is 14.3 Å². The van der Waals surface area contributed by atoms with Crippen molar-refractivity contribution in [2.45, 2.75) is 18.6 Å². The number of aromatic nitrogens is 1. The lowest BCUT2D eigenvalue weighted by atomic mass is 10.1. The van der Waals surface area contributed by atoms with E-state index in [9.17, 15) is 9.59 Å². The highest BCUT2D eigenvalue weighted by Gasteiger charge is 2.28. The summed E-state index contributed by atoms with van der Waals surface area (Å²) in [5.74, 6) is 0.160. The van der Waals surface area contributed by atoms with Crippen LogP contribution in [0.2, 0.25) is 0 Å². The molecule has 0 aliphatic carbocycles. The summed E-state index contributed by atoms with van der Waals surface area (Å²) in [4.78, 5) is 30.2. The topological polar surface area (TPSA) is 59.5 Å². The molecule has 1 fully saturated rings. The summed E-state index contributed by atoms with van der Waals surface area (Å²) >= 11 is 1.56. The second-order valence-corrected chi connectivity index (χ2v) is 7.20. The smallest absolute Gasteiger partial charge is 0.315 e. The number of benzene rings is 1. The minimum atomic E-state index is -0.220. The SMILES string of the molecule is COC(=O)CSC1CCN(C(=O)c2ccc3nccc(C)c3c2)C1. The van der Waals surface area contributed by atoms with Crippen LogP contribution in [0.5, 0.6) is 0 Å². The van der Waals surface area contributed by atoms with Crippen molar-refractivity contribution in [3.05, 3.63) is 41.6 Å². The Hall–Kier alpha value is -2.08. The molecule has 5 nitrogen and oxygen atoms in total. The van der Waals surface area contributed by atoms with Crippen LogP contribution in [0, 0.1) is 6.92 Å². The molecule has 24 heavy (non-hydrogen) atoms. The minimum Gasteiger partial charge on any atom is -0.468 e. The van der Waals surface area contributed by atoms with Gasteiger partial charge in [-0.05, 0) is 43.2 Å². The first-order valence-electron chi connectivity index (χ1n) is 7.91. The second kappa shape index (κ2) is 7.21. The van der Waals surface area contributed by atoms with Crippen LogP contribution in [0.4, 0.5) is 0 Å². The number of methoxy groups -OCH3 is 1. The highest BCUT2D eigenvalue weighted by atomic mass is 32.2. The lowest BCUT2D eigenvalue weighted by Crippen LogP contribution is -2.29. The number of fused-ring (bicyclic) bond motifs is 1. The molecule has 2 heterocycles. The standard InChI is InChI=1S/C18H20N2O3S/c1-12-5-7-19-16-4-3-13(9-15(12)16)18(22)20-8-6-14(10-20)24-11-17(21)23-2/h3-5,7,9,14H,6,8,10-11H2,1-2H3. The Morgan fingerprint density at radius 1 is 1.38 bits per heavy atom. The molecular weight excluding hydrogens is 324 g/mol. The molecule has 0 spiro atoms. The molecule has 1 amide bonds. The van der Waals surface area contributed by atoms with Crippen LogP contribution in [0.3, 0.4) is 0 Å². The van der Waals surface area contributed by atoms with E-state index < -0.39 is 0 Å². The van der Waals surface area contributed by atoms with Gasteiger partial charge in [-0.1, -0.05) is 0 Å². The van der Waals surface area contributed by atoms with E-state index in [2.05, 4.69) is 9.72 Å². The lowest BCUT2D eigenvalue weighted by molar-refractivity contribution is -0.137. The van der Waals surface area contributed by atoms with E-state index in [0.29, 0.717) is 17.9 Å². The zero-order valence-electron chi connectivity index (χ0n) is 13.8. The van der Waals surface area contributed by atoms with Crippen molar-refractivity contribution >= 4 is 34.5 Å². The maximum absolute atomic E-state index is 12.7. The zero-order valence-corrected chi connectivity index (χ0v) is 14.6.